The molecule has 3 aromatic rings. The SMILES string of the molecule is C[C@@H]1CN([C@H](C)CO)C(=O)c2cc(NC(=O)CCCCCC(=O)Nc3ccccc3N)ccc2O[C@@H]1CN(C)Cc1ccc(C(F)(F)F)cc1. The summed E-state index contributed by atoms with van der Waals surface area (Å²) < 4.78 is 45.4. The molecule has 3 aromatic carbocycles. The van der Waals surface area contributed by atoms with Crippen LogP contribution in [0.25, 0.3) is 0 Å². The van der Waals surface area contributed by atoms with E-state index in [0.717, 1.165) is 12.1 Å². The van der Waals surface area contributed by atoms with Gasteiger partial charge in [-0.25, -0.2) is 0 Å². The lowest BCUT2D eigenvalue weighted by Gasteiger charge is -2.38. The summed E-state index contributed by atoms with van der Waals surface area (Å²) in [7, 11) is 1.85. The topological polar surface area (TPSA) is 137 Å². The number of hydrogen-bond donors (Lipinski definition) is 4. The van der Waals surface area contributed by atoms with Gasteiger partial charge in [0.25, 0.3) is 5.91 Å². The molecule has 0 radical (unpaired) electrons. The fraction of sp³-hybridized carbons (Fsp3) is 0.432. The lowest BCUT2D eigenvalue weighted by Crippen LogP contribution is -2.49. The third kappa shape index (κ3) is 10.7. The molecule has 0 aromatic heterocycles. The average molecular weight is 698 g/mol. The largest absolute Gasteiger partial charge is 0.488 e. The molecule has 50 heavy (non-hydrogen) atoms. The highest BCUT2D eigenvalue weighted by molar-refractivity contribution is 6.00. The van der Waals surface area contributed by atoms with Crippen molar-refractivity contribution in [2.75, 3.05) is 43.1 Å². The van der Waals surface area contributed by atoms with Gasteiger partial charge in [-0.3, -0.25) is 19.3 Å². The number of ether oxygens (including phenoxy) is 1. The molecule has 0 bridgehead atoms. The van der Waals surface area contributed by atoms with Crippen molar-refractivity contribution in [1.82, 2.24) is 9.80 Å². The summed E-state index contributed by atoms with van der Waals surface area (Å²) in [6.45, 7) is 4.56. The zero-order valence-corrected chi connectivity index (χ0v) is 28.6. The maximum atomic E-state index is 13.8. The van der Waals surface area contributed by atoms with E-state index in [1.54, 1.807) is 54.3 Å². The van der Waals surface area contributed by atoms with E-state index in [1.165, 1.54) is 12.1 Å². The van der Waals surface area contributed by atoms with E-state index >= 15 is 0 Å². The van der Waals surface area contributed by atoms with E-state index in [-0.39, 0.29) is 42.2 Å². The summed E-state index contributed by atoms with van der Waals surface area (Å²) in [5.74, 6) is -0.539. The molecule has 0 aliphatic carbocycles. The second-order valence-electron chi connectivity index (χ2n) is 13.0. The number of anilines is 3. The standard InChI is InChI=1S/C37H46F3N5O5/c1-24-20-45(25(2)23-46)36(49)29-19-28(42-34(47)11-5-4-6-12-35(48)43-31-10-8-7-9-30(31)41)17-18-32(29)50-33(24)22-44(3)21-26-13-15-27(16-14-26)37(38,39)40/h7-10,13-19,24-25,33,46H,4-6,11-12,20-23,41H2,1-3H3,(H,42,47)(H,43,48)/t24-,25-,33-/m1/s1. The number of nitrogen functional groups attached to an aromatic ring is 1. The van der Waals surface area contributed by atoms with Crippen molar-refractivity contribution in [2.24, 2.45) is 5.92 Å². The van der Waals surface area contributed by atoms with Gasteiger partial charge in [0.15, 0.2) is 0 Å². The van der Waals surface area contributed by atoms with Crippen molar-refractivity contribution in [2.45, 2.75) is 70.8 Å². The molecule has 4 rings (SSSR count). The van der Waals surface area contributed by atoms with Gasteiger partial charge in [0, 0.05) is 44.1 Å². The van der Waals surface area contributed by atoms with Crippen LogP contribution in [-0.4, -0.2) is 71.5 Å². The predicted molar refractivity (Wildman–Crippen MR) is 187 cm³/mol. The lowest BCUT2D eigenvalue weighted by atomic mass is 9.99. The fourth-order valence-electron chi connectivity index (χ4n) is 5.80. The summed E-state index contributed by atoms with van der Waals surface area (Å²) in [5, 5.41) is 15.6. The molecule has 0 fully saturated rings. The number of para-hydroxylation sites is 2. The predicted octanol–water partition coefficient (Wildman–Crippen LogP) is 6.17. The number of nitrogens with one attached hydrogen (secondary N) is 2. The molecule has 3 amide bonds. The number of alkyl halides is 3. The van der Waals surface area contributed by atoms with Gasteiger partial charge in [-0.05, 0) is 74.8 Å². The van der Waals surface area contributed by atoms with Crippen LogP contribution in [0.5, 0.6) is 5.75 Å². The van der Waals surface area contributed by atoms with Crippen LogP contribution in [0, 0.1) is 5.92 Å². The zero-order valence-electron chi connectivity index (χ0n) is 28.6. The van der Waals surface area contributed by atoms with Crippen molar-refractivity contribution >= 4 is 34.8 Å². The first-order chi connectivity index (χ1) is 23.7. The normalized spacial score (nSPS) is 17.0. The number of likely N-dealkylation sites (N-methyl/N-ethyl adjacent to an activating group) is 1. The van der Waals surface area contributed by atoms with Crippen LogP contribution in [0.2, 0.25) is 0 Å². The molecule has 10 nitrogen and oxygen atoms in total. The molecule has 0 spiro atoms. The summed E-state index contributed by atoms with van der Waals surface area (Å²) in [4.78, 5) is 42.4. The molecule has 5 N–H and O–H groups in total. The smallest absolute Gasteiger partial charge is 0.416 e. The Morgan fingerprint density at radius 3 is 2.32 bits per heavy atom. The highest BCUT2D eigenvalue weighted by Gasteiger charge is 2.34. The highest BCUT2D eigenvalue weighted by atomic mass is 19.4. The van der Waals surface area contributed by atoms with Gasteiger partial charge in [-0.15, -0.1) is 0 Å². The summed E-state index contributed by atoms with van der Waals surface area (Å²) in [5.41, 5.74) is 7.61. The van der Waals surface area contributed by atoms with Gasteiger partial charge in [-0.2, -0.15) is 13.2 Å². The molecular weight excluding hydrogens is 651 g/mol. The van der Waals surface area contributed by atoms with Crippen LogP contribution < -0.4 is 21.1 Å². The lowest BCUT2D eigenvalue weighted by molar-refractivity contribution is -0.137. The number of unbranched alkanes of at least 4 members (excludes halogenated alkanes) is 2. The molecule has 1 aliphatic rings. The number of nitrogens with two attached hydrogens (primary N) is 1. The maximum absolute atomic E-state index is 13.8. The van der Waals surface area contributed by atoms with E-state index < -0.39 is 23.9 Å². The van der Waals surface area contributed by atoms with Crippen LogP contribution in [0.4, 0.5) is 30.2 Å². The van der Waals surface area contributed by atoms with E-state index in [0.29, 0.717) is 73.7 Å². The third-order valence-corrected chi connectivity index (χ3v) is 8.72. The number of nitrogens with zero attached hydrogens (tertiary/aromatic N) is 2. The van der Waals surface area contributed by atoms with E-state index in [2.05, 4.69) is 10.6 Å². The first-order valence-corrected chi connectivity index (χ1v) is 16.8. The highest BCUT2D eigenvalue weighted by Crippen LogP contribution is 2.32. The Morgan fingerprint density at radius 2 is 1.68 bits per heavy atom. The van der Waals surface area contributed by atoms with Crippen molar-refractivity contribution in [1.29, 1.82) is 0 Å². The number of aliphatic hydroxyl groups excluding tert-OH is 1. The van der Waals surface area contributed by atoms with E-state index in [1.807, 2.05) is 18.9 Å². The Balaban J connectivity index is 1.36. The molecule has 270 valence electrons. The Kier molecular flexibility index (Phi) is 13.3. The summed E-state index contributed by atoms with van der Waals surface area (Å²) in [6.07, 6.45) is -2.43. The molecule has 1 aliphatic heterocycles. The second kappa shape index (κ2) is 17.3. The summed E-state index contributed by atoms with van der Waals surface area (Å²) in [6, 6.07) is 16.5. The van der Waals surface area contributed by atoms with Crippen LogP contribution in [0.3, 0.4) is 0 Å². The first-order valence-electron chi connectivity index (χ1n) is 16.8. The molecule has 1 heterocycles. The number of carbonyl (C=O) groups excluding carboxylic acids is 3. The minimum absolute atomic E-state index is 0.146. The van der Waals surface area contributed by atoms with Gasteiger partial charge in [0.05, 0.1) is 35.2 Å². The van der Waals surface area contributed by atoms with Crippen molar-refractivity contribution in [3.8, 4) is 5.75 Å². The second-order valence-corrected chi connectivity index (χ2v) is 13.0. The number of halogens is 3. The minimum Gasteiger partial charge on any atom is -0.488 e. The molecule has 0 saturated carbocycles. The van der Waals surface area contributed by atoms with E-state index in [4.69, 9.17) is 10.5 Å². The monoisotopic (exact) mass is 697 g/mol. The maximum Gasteiger partial charge on any atom is 0.416 e. The Hall–Kier alpha value is -4.62. The Bertz CT molecular complexity index is 1620. The number of hydrogen-bond acceptors (Lipinski definition) is 7. The number of rotatable bonds is 14. The Morgan fingerprint density at radius 1 is 1.02 bits per heavy atom. The van der Waals surface area contributed by atoms with Gasteiger partial charge in [0.1, 0.15) is 11.9 Å². The first kappa shape index (κ1) is 38.2. The molecule has 0 saturated heterocycles. The molecular formula is C37H46F3N5O5. The van der Waals surface area contributed by atoms with Gasteiger partial charge in [-0.1, -0.05) is 37.6 Å². The van der Waals surface area contributed by atoms with Gasteiger partial charge < -0.3 is 31.1 Å². The average Bonchev–Trinajstić information content (AvgIpc) is 3.07. The molecule has 3 atom stereocenters. The number of amides is 3. The van der Waals surface area contributed by atoms with Crippen LogP contribution in [0.1, 0.15) is 67.4 Å². The van der Waals surface area contributed by atoms with Gasteiger partial charge >= 0.3 is 6.18 Å². The number of fused-ring (bicyclic) bond motifs is 1. The van der Waals surface area contributed by atoms with Crippen LogP contribution in [-0.2, 0) is 22.3 Å². The minimum atomic E-state index is -4.41. The quantitative estimate of drug-likeness (QED) is 0.117. The molecule has 13 heteroatoms. The third-order valence-electron chi connectivity index (χ3n) is 8.72. The number of aliphatic hydroxyl groups is 1. The number of carbonyl (C=O) groups is 3. The van der Waals surface area contributed by atoms with Crippen LogP contribution >= 0.6 is 0 Å². The van der Waals surface area contributed by atoms with E-state index in [9.17, 15) is 32.7 Å². The fourth-order valence-corrected chi connectivity index (χ4v) is 5.80. The van der Waals surface area contributed by atoms with Crippen molar-refractivity contribution in [3.05, 3.63) is 83.4 Å². The Labute approximate surface area is 290 Å². The molecule has 0 unspecified atom stereocenters. The summed E-state index contributed by atoms with van der Waals surface area (Å²) >= 11 is 0. The zero-order chi connectivity index (χ0) is 36.4. The van der Waals surface area contributed by atoms with Crippen molar-refractivity contribution < 1.29 is 37.4 Å². The van der Waals surface area contributed by atoms with Gasteiger partial charge in [0.2, 0.25) is 11.8 Å². The van der Waals surface area contributed by atoms with Crippen molar-refractivity contribution in [3.63, 3.8) is 0 Å². The van der Waals surface area contributed by atoms with Crippen LogP contribution in [0.15, 0.2) is 66.7 Å². The number of benzene rings is 3.